The van der Waals surface area contributed by atoms with Crippen LogP contribution >= 0.6 is 0 Å². The van der Waals surface area contributed by atoms with Gasteiger partial charge in [0.05, 0.1) is 18.0 Å². The highest BCUT2D eigenvalue weighted by Crippen LogP contribution is 2.04. The molecule has 0 saturated carbocycles. The van der Waals surface area contributed by atoms with Gasteiger partial charge in [0, 0.05) is 12.1 Å². The zero-order valence-electron chi connectivity index (χ0n) is 12.0. The molecule has 0 aliphatic heterocycles. The van der Waals surface area contributed by atoms with Crippen molar-refractivity contribution in [3.8, 4) is 0 Å². The van der Waals surface area contributed by atoms with Crippen molar-refractivity contribution in [2.45, 2.75) is 39.0 Å². The van der Waals surface area contributed by atoms with E-state index in [0.29, 0.717) is 17.4 Å². The zero-order chi connectivity index (χ0) is 14.8. The summed E-state index contributed by atoms with van der Waals surface area (Å²) in [6, 6.07) is 7.05. The van der Waals surface area contributed by atoms with Crippen molar-refractivity contribution < 1.29 is 5.11 Å². The average molecular weight is 276 g/mol. The highest BCUT2D eigenvalue weighted by atomic mass is 16.3. The summed E-state index contributed by atoms with van der Waals surface area (Å²) in [5.74, 6) is 0. The topological polar surface area (TPSA) is 80.0 Å². The number of fused-ring (bicyclic) bond motifs is 1. The first kappa shape index (κ1) is 14.6. The van der Waals surface area contributed by atoms with Gasteiger partial charge in [0.15, 0.2) is 0 Å². The van der Waals surface area contributed by atoms with Gasteiger partial charge in [-0.1, -0.05) is 17.3 Å². The van der Waals surface area contributed by atoms with Crippen LogP contribution in [0, 0.1) is 0 Å². The van der Waals surface area contributed by atoms with Crippen LogP contribution in [0.2, 0.25) is 0 Å². The fraction of sp³-hybridized carbons (Fsp3) is 0.500. The lowest BCUT2D eigenvalue weighted by Crippen LogP contribution is -2.43. The lowest BCUT2D eigenvalue weighted by molar-refractivity contribution is 0.135. The number of benzene rings is 1. The molecule has 1 unspecified atom stereocenters. The number of aliphatic hydroxyl groups excluding tert-OH is 1. The number of nitrogens with one attached hydrogen (secondary N) is 1. The van der Waals surface area contributed by atoms with Crippen LogP contribution in [0.25, 0.3) is 10.9 Å². The first-order chi connectivity index (χ1) is 9.37. The molecule has 6 heteroatoms. The Bertz CT molecular complexity index is 645. The van der Waals surface area contributed by atoms with Crippen molar-refractivity contribution in [2.75, 3.05) is 6.54 Å². The molecule has 20 heavy (non-hydrogen) atoms. The maximum atomic E-state index is 12.2. The van der Waals surface area contributed by atoms with Crippen molar-refractivity contribution >= 4 is 10.9 Å². The van der Waals surface area contributed by atoms with Gasteiger partial charge >= 0.3 is 0 Å². The summed E-state index contributed by atoms with van der Waals surface area (Å²) in [5.41, 5.74) is 0.252. The number of hydrogen-bond donors (Lipinski definition) is 2. The predicted molar refractivity (Wildman–Crippen MR) is 77.6 cm³/mol. The van der Waals surface area contributed by atoms with Crippen molar-refractivity contribution in [2.24, 2.45) is 0 Å². The molecule has 0 amide bonds. The Morgan fingerprint density at radius 2 is 2.05 bits per heavy atom. The fourth-order valence-corrected chi connectivity index (χ4v) is 1.83. The summed E-state index contributed by atoms with van der Waals surface area (Å²) in [6.07, 6.45) is -0.692. The Kier molecular flexibility index (Phi) is 4.15. The van der Waals surface area contributed by atoms with Gasteiger partial charge in [0.1, 0.15) is 5.52 Å². The second kappa shape index (κ2) is 5.68. The van der Waals surface area contributed by atoms with Crippen LogP contribution in [-0.4, -0.2) is 38.3 Å². The van der Waals surface area contributed by atoms with Crippen LogP contribution in [0.4, 0.5) is 0 Å². The molecule has 1 heterocycles. The quantitative estimate of drug-likeness (QED) is 0.852. The van der Waals surface area contributed by atoms with E-state index < -0.39 is 6.10 Å². The SMILES string of the molecule is CC(C)(C)NCC(O)Cn1nnc2ccccc2c1=O. The molecule has 108 valence electrons. The highest BCUT2D eigenvalue weighted by molar-refractivity contribution is 5.76. The second-order valence-electron chi connectivity index (χ2n) is 5.88. The van der Waals surface area contributed by atoms with E-state index in [-0.39, 0.29) is 17.6 Å². The van der Waals surface area contributed by atoms with Crippen LogP contribution in [0.5, 0.6) is 0 Å². The van der Waals surface area contributed by atoms with Crippen molar-refractivity contribution in [3.63, 3.8) is 0 Å². The van der Waals surface area contributed by atoms with Gasteiger partial charge in [-0.05, 0) is 32.9 Å². The Labute approximate surface area is 117 Å². The average Bonchev–Trinajstić information content (AvgIpc) is 2.39. The summed E-state index contributed by atoms with van der Waals surface area (Å²) in [7, 11) is 0. The molecule has 1 aromatic heterocycles. The third kappa shape index (κ3) is 3.61. The molecule has 1 atom stereocenters. The largest absolute Gasteiger partial charge is 0.390 e. The minimum Gasteiger partial charge on any atom is -0.390 e. The molecular weight excluding hydrogens is 256 g/mol. The zero-order valence-corrected chi connectivity index (χ0v) is 12.0. The first-order valence-electron chi connectivity index (χ1n) is 6.62. The van der Waals surface area contributed by atoms with E-state index in [1.165, 1.54) is 4.68 Å². The molecule has 2 rings (SSSR count). The Morgan fingerprint density at radius 1 is 1.35 bits per heavy atom. The number of aromatic nitrogens is 3. The molecule has 0 radical (unpaired) electrons. The molecule has 6 nitrogen and oxygen atoms in total. The third-order valence-electron chi connectivity index (χ3n) is 2.88. The fourth-order valence-electron chi connectivity index (χ4n) is 1.83. The Morgan fingerprint density at radius 3 is 2.75 bits per heavy atom. The molecule has 0 fully saturated rings. The monoisotopic (exact) mass is 276 g/mol. The van der Waals surface area contributed by atoms with Gasteiger partial charge in [0.2, 0.25) is 0 Å². The van der Waals surface area contributed by atoms with Crippen molar-refractivity contribution in [3.05, 3.63) is 34.6 Å². The molecule has 2 N–H and O–H groups in total. The third-order valence-corrected chi connectivity index (χ3v) is 2.88. The summed E-state index contributed by atoms with van der Waals surface area (Å²) in [5, 5.41) is 21.5. The van der Waals surface area contributed by atoms with Gasteiger partial charge in [-0.25, -0.2) is 4.68 Å². The van der Waals surface area contributed by atoms with Crippen LogP contribution in [0.1, 0.15) is 20.8 Å². The van der Waals surface area contributed by atoms with E-state index >= 15 is 0 Å². The highest BCUT2D eigenvalue weighted by Gasteiger charge is 2.14. The normalized spacial score (nSPS) is 13.6. The maximum Gasteiger partial charge on any atom is 0.277 e. The molecule has 0 aliphatic rings. The Hall–Kier alpha value is -1.79. The number of nitrogens with zero attached hydrogens (tertiary/aromatic N) is 3. The van der Waals surface area contributed by atoms with Crippen LogP contribution in [0.3, 0.4) is 0 Å². The van der Waals surface area contributed by atoms with Crippen LogP contribution < -0.4 is 10.9 Å². The first-order valence-corrected chi connectivity index (χ1v) is 6.62. The smallest absolute Gasteiger partial charge is 0.277 e. The lowest BCUT2D eigenvalue weighted by Gasteiger charge is -2.22. The number of aliphatic hydroxyl groups is 1. The van der Waals surface area contributed by atoms with E-state index in [0.717, 1.165) is 0 Å². The van der Waals surface area contributed by atoms with E-state index in [4.69, 9.17) is 0 Å². The maximum absolute atomic E-state index is 12.2. The second-order valence-corrected chi connectivity index (χ2v) is 5.88. The van der Waals surface area contributed by atoms with Crippen LogP contribution in [0.15, 0.2) is 29.1 Å². The van der Waals surface area contributed by atoms with E-state index in [9.17, 15) is 9.90 Å². The standard InChI is InChI=1S/C14H20N4O2/c1-14(2,3)15-8-10(19)9-18-13(20)11-6-4-5-7-12(11)16-17-18/h4-7,10,15,19H,8-9H2,1-3H3. The van der Waals surface area contributed by atoms with Crippen molar-refractivity contribution in [1.82, 2.24) is 20.3 Å². The molecule has 0 bridgehead atoms. The van der Waals surface area contributed by atoms with E-state index in [2.05, 4.69) is 15.6 Å². The van der Waals surface area contributed by atoms with Gasteiger partial charge in [-0.2, -0.15) is 0 Å². The summed E-state index contributed by atoms with van der Waals surface area (Å²) in [4.78, 5) is 12.2. The van der Waals surface area contributed by atoms with E-state index in [1.807, 2.05) is 26.8 Å². The van der Waals surface area contributed by atoms with Crippen LogP contribution in [-0.2, 0) is 6.54 Å². The molecule has 0 saturated heterocycles. The number of hydrogen-bond acceptors (Lipinski definition) is 5. The minimum absolute atomic E-state index is 0.0823. The van der Waals surface area contributed by atoms with Gasteiger partial charge in [0.25, 0.3) is 5.56 Å². The lowest BCUT2D eigenvalue weighted by atomic mass is 10.1. The Balaban J connectivity index is 2.14. The summed E-state index contributed by atoms with van der Waals surface area (Å²) >= 11 is 0. The van der Waals surface area contributed by atoms with Crippen molar-refractivity contribution in [1.29, 1.82) is 0 Å². The van der Waals surface area contributed by atoms with E-state index in [1.54, 1.807) is 18.2 Å². The molecule has 0 aliphatic carbocycles. The van der Waals surface area contributed by atoms with Gasteiger partial charge in [-0.3, -0.25) is 4.79 Å². The molecular formula is C14H20N4O2. The molecule has 0 spiro atoms. The summed E-state index contributed by atoms with van der Waals surface area (Å²) < 4.78 is 1.21. The molecule has 2 aromatic rings. The molecule has 1 aromatic carbocycles. The van der Waals surface area contributed by atoms with Gasteiger partial charge < -0.3 is 10.4 Å². The number of rotatable bonds is 4. The predicted octanol–water partition coefficient (Wildman–Crippen LogP) is 0.540. The number of β-amino-alcohol motifs (C(OH)–C–C–N with tert-alkyl or cyclic N) is 1. The van der Waals surface area contributed by atoms with Gasteiger partial charge in [-0.15, -0.1) is 5.10 Å². The minimum atomic E-state index is -0.692. The summed E-state index contributed by atoms with van der Waals surface area (Å²) in [6.45, 7) is 6.56.